The minimum absolute atomic E-state index is 0.172. The van der Waals surface area contributed by atoms with Crippen LogP contribution in [-0.4, -0.2) is 25.5 Å². The lowest BCUT2D eigenvalue weighted by Gasteiger charge is -2.02. The Balaban J connectivity index is 1.47. The number of nitrogens with zero attached hydrogens (tertiary/aromatic N) is 3. The number of carbonyl (C=O) groups excluding carboxylic acids is 1. The fourth-order valence-electron chi connectivity index (χ4n) is 2.59. The third-order valence-corrected chi connectivity index (χ3v) is 3.80. The van der Waals surface area contributed by atoms with E-state index in [0.29, 0.717) is 17.9 Å². The number of benzene rings is 1. The van der Waals surface area contributed by atoms with Gasteiger partial charge in [0.25, 0.3) is 5.91 Å². The van der Waals surface area contributed by atoms with Crippen LogP contribution >= 0.6 is 0 Å². The van der Waals surface area contributed by atoms with E-state index in [9.17, 15) is 4.79 Å². The van der Waals surface area contributed by atoms with Gasteiger partial charge in [-0.15, -0.1) is 0 Å². The molecule has 24 heavy (non-hydrogen) atoms. The van der Waals surface area contributed by atoms with Crippen LogP contribution in [0.5, 0.6) is 0 Å². The molecule has 6 nitrogen and oxygen atoms in total. The van der Waals surface area contributed by atoms with Gasteiger partial charge in [-0.25, -0.2) is 9.50 Å². The number of amides is 1. The van der Waals surface area contributed by atoms with Crippen molar-refractivity contribution in [2.75, 3.05) is 0 Å². The van der Waals surface area contributed by atoms with Crippen LogP contribution in [0.4, 0.5) is 0 Å². The first-order valence-corrected chi connectivity index (χ1v) is 7.61. The Kier molecular flexibility index (Phi) is 3.55. The molecule has 0 fully saturated rings. The van der Waals surface area contributed by atoms with E-state index in [4.69, 9.17) is 0 Å². The van der Waals surface area contributed by atoms with Crippen molar-refractivity contribution in [3.05, 3.63) is 78.5 Å². The number of imidazole rings is 1. The zero-order chi connectivity index (χ0) is 16.4. The number of rotatable bonds is 4. The average molecular weight is 317 g/mol. The van der Waals surface area contributed by atoms with Gasteiger partial charge in [-0.2, -0.15) is 5.10 Å². The van der Waals surface area contributed by atoms with Crippen molar-refractivity contribution in [3.8, 4) is 11.3 Å². The number of carbonyl (C=O) groups is 1. The third-order valence-electron chi connectivity index (χ3n) is 3.80. The first-order chi connectivity index (χ1) is 11.8. The number of hydrogen-bond donors (Lipinski definition) is 2. The van der Waals surface area contributed by atoms with Crippen LogP contribution in [0.3, 0.4) is 0 Å². The lowest BCUT2D eigenvalue weighted by atomic mass is 10.2. The van der Waals surface area contributed by atoms with Gasteiger partial charge in [0, 0.05) is 6.20 Å². The Morgan fingerprint density at radius 3 is 2.79 bits per heavy atom. The number of aromatic amines is 1. The van der Waals surface area contributed by atoms with Gasteiger partial charge in [0.15, 0.2) is 0 Å². The van der Waals surface area contributed by atoms with Crippen LogP contribution in [0, 0.1) is 0 Å². The van der Waals surface area contributed by atoms with Crippen molar-refractivity contribution >= 4 is 11.4 Å². The summed E-state index contributed by atoms with van der Waals surface area (Å²) in [5.41, 5.74) is 3.31. The predicted molar refractivity (Wildman–Crippen MR) is 90.4 cm³/mol. The molecule has 3 heterocycles. The fraction of sp³-hybridized carbons (Fsp3) is 0.0556. The number of aromatic nitrogens is 4. The van der Waals surface area contributed by atoms with Gasteiger partial charge in [0.2, 0.25) is 0 Å². The Morgan fingerprint density at radius 2 is 1.92 bits per heavy atom. The second-order valence-electron chi connectivity index (χ2n) is 5.38. The van der Waals surface area contributed by atoms with Gasteiger partial charge in [-0.1, -0.05) is 36.4 Å². The quantitative estimate of drug-likeness (QED) is 0.607. The maximum Gasteiger partial charge on any atom is 0.255 e. The molecule has 1 aromatic carbocycles. The molecule has 0 atom stereocenters. The summed E-state index contributed by atoms with van der Waals surface area (Å²) in [6, 6.07) is 15.6. The summed E-state index contributed by atoms with van der Waals surface area (Å²) in [7, 11) is 0. The topological polar surface area (TPSA) is 75.1 Å². The molecule has 0 saturated carbocycles. The molecular weight excluding hydrogens is 302 g/mol. The van der Waals surface area contributed by atoms with Gasteiger partial charge in [0.1, 0.15) is 5.82 Å². The monoisotopic (exact) mass is 317 g/mol. The van der Waals surface area contributed by atoms with Gasteiger partial charge in [-0.05, 0) is 17.7 Å². The lowest BCUT2D eigenvalue weighted by molar-refractivity contribution is 0.0951. The molecule has 6 heteroatoms. The Morgan fingerprint density at radius 1 is 1.08 bits per heavy atom. The number of nitrogens with one attached hydrogen (secondary N) is 2. The highest BCUT2D eigenvalue weighted by atomic mass is 16.1. The zero-order valence-corrected chi connectivity index (χ0v) is 12.8. The second kappa shape index (κ2) is 6.00. The summed E-state index contributed by atoms with van der Waals surface area (Å²) in [4.78, 5) is 19.9. The smallest absolute Gasteiger partial charge is 0.255 e. The van der Waals surface area contributed by atoms with Gasteiger partial charge >= 0.3 is 0 Å². The predicted octanol–water partition coefficient (Wildman–Crippen LogP) is 2.65. The summed E-state index contributed by atoms with van der Waals surface area (Å²) >= 11 is 0. The van der Waals surface area contributed by atoms with E-state index in [2.05, 4.69) is 20.4 Å². The molecule has 0 saturated heterocycles. The van der Waals surface area contributed by atoms with E-state index < -0.39 is 0 Å². The maximum absolute atomic E-state index is 12.4. The Bertz CT molecular complexity index is 987. The van der Waals surface area contributed by atoms with E-state index in [0.717, 1.165) is 16.8 Å². The minimum atomic E-state index is -0.172. The average Bonchev–Trinajstić information content (AvgIpc) is 3.27. The van der Waals surface area contributed by atoms with Crippen LogP contribution in [0.2, 0.25) is 0 Å². The summed E-state index contributed by atoms with van der Waals surface area (Å²) < 4.78 is 1.68. The van der Waals surface area contributed by atoms with Crippen LogP contribution in [0.15, 0.2) is 67.1 Å². The maximum atomic E-state index is 12.4. The van der Waals surface area contributed by atoms with E-state index >= 15 is 0 Å². The molecule has 0 bridgehead atoms. The van der Waals surface area contributed by atoms with Crippen LogP contribution in [0.1, 0.15) is 16.2 Å². The molecular formula is C18H15N5O. The van der Waals surface area contributed by atoms with E-state index in [1.165, 1.54) is 0 Å². The zero-order valence-electron chi connectivity index (χ0n) is 12.8. The largest absolute Gasteiger partial charge is 0.345 e. The molecule has 0 aliphatic rings. The molecule has 0 unspecified atom stereocenters. The second-order valence-corrected chi connectivity index (χ2v) is 5.38. The molecule has 2 N–H and O–H groups in total. The van der Waals surface area contributed by atoms with Crippen molar-refractivity contribution in [3.63, 3.8) is 0 Å². The molecule has 1 amide bonds. The van der Waals surface area contributed by atoms with Crippen molar-refractivity contribution in [2.45, 2.75) is 6.54 Å². The molecule has 118 valence electrons. The summed E-state index contributed by atoms with van der Waals surface area (Å²) in [5, 5.41) is 7.04. The molecule has 0 aliphatic heterocycles. The Hall–Kier alpha value is -3.41. The lowest BCUT2D eigenvalue weighted by Crippen LogP contribution is -2.23. The highest BCUT2D eigenvalue weighted by Gasteiger charge is 2.12. The van der Waals surface area contributed by atoms with Crippen molar-refractivity contribution in [1.82, 2.24) is 24.9 Å². The van der Waals surface area contributed by atoms with E-state index in [1.54, 1.807) is 16.9 Å². The van der Waals surface area contributed by atoms with Crippen LogP contribution in [0.25, 0.3) is 16.8 Å². The highest BCUT2D eigenvalue weighted by molar-refractivity contribution is 6.00. The molecule has 0 aliphatic carbocycles. The number of pyridine rings is 1. The van der Waals surface area contributed by atoms with Crippen molar-refractivity contribution < 1.29 is 4.79 Å². The Labute approximate surface area is 138 Å². The molecule has 0 radical (unpaired) electrons. The van der Waals surface area contributed by atoms with Gasteiger partial charge in [0.05, 0.1) is 35.7 Å². The van der Waals surface area contributed by atoms with Gasteiger partial charge < -0.3 is 10.3 Å². The number of hydrogen-bond acceptors (Lipinski definition) is 3. The molecule has 0 spiro atoms. The van der Waals surface area contributed by atoms with Crippen molar-refractivity contribution in [1.29, 1.82) is 0 Å². The first-order valence-electron chi connectivity index (χ1n) is 7.61. The molecule has 4 rings (SSSR count). The van der Waals surface area contributed by atoms with E-state index in [-0.39, 0.29) is 5.91 Å². The standard InChI is InChI=1S/C18H15N5O/c24-18(14-10-21-23-9-5-4-8-16(14)23)20-12-17-19-11-15(22-17)13-6-2-1-3-7-13/h1-11H,12H2,(H,19,22)(H,20,24). The molecule has 4 aromatic rings. The molecule has 3 aromatic heterocycles. The van der Waals surface area contributed by atoms with Crippen molar-refractivity contribution in [2.24, 2.45) is 0 Å². The number of H-pyrrole nitrogens is 1. The first kappa shape index (κ1) is 14.2. The number of fused-ring (bicyclic) bond motifs is 1. The van der Waals surface area contributed by atoms with E-state index in [1.807, 2.05) is 54.7 Å². The SMILES string of the molecule is O=C(NCc1ncc(-c2ccccc2)[nH]1)c1cnn2ccccc12. The normalized spacial score (nSPS) is 10.8. The van der Waals surface area contributed by atoms with Crippen LogP contribution < -0.4 is 5.32 Å². The van der Waals surface area contributed by atoms with Gasteiger partial charge in [-0.3, -0.25) is 4.79 Å². The summed E-state index contributed by atoms with van der Waals surface area (Å²) in [6.45, 7) is 0.329. The fourth-order valence-corrected chi connectivity index (χ4v) is 2.59. The highest BCUT2D eigenvalue weighted by Crippen LogP contribution is 2.16. The van der Waals surface area contributed by atoms with Crippen LogP contribution in [-0.2, 0) is 6.54 Å². The minimum Gasteiger partial charge on any atom is -0.345 e. The third kappa shape index (κ3) is 2.65. The summed E-state index contributed by atoms with van der Waals surface area (Å²) in [5.74, 6) is 0.535. The summed E-state index contributed by atoms with van der Waals surface area (Å²) in [6.07, 6.45) is 5.15.